The van der Waals surface area contributed by atoms with Crippen LogP contribution in [0, 0.1) is 10.8 Å². The van der Waals surface area contributed by atoms with Crippen molar-refractivity contribution < 1.29 is 13.2 Å². The minimum absolute atomic E-state index is 0.00842. The van der Waals surface area contributed by atoms with Crippen LogP contribution in [0.3, 0.4) is 0 Å². The Morgan fingerprint density at radius 1 is 1.12 bits per heavy atom. The number of nitrogens with zero attached hydrogens (tertiary/aromatic N) is 3. The van der Waals surface area contributed by atoms with E-state index in [-0.39, 0.29) is 39.2 Å². The molecule has 1 aromatic rings. The summed E-state index contributed by atoms with van der Waals surface area (Å²) < 4.78 is 28.1. The summed E-state index contributed by atoms with van der Waals surface area (Å²) in [5.74, 6) is 0.861. The molecular weight excluding hydrogens is 471 g/mol. The summed E-state index contributed by atoms with van der Waals surface area (Å²) in [6.07, 6.45) is 2.23. The highest BCUT2D eigenvalue weighted by Gasteiger charge is 2.53. The molecule has 32 heavy (non-hydrogen) atoms. The van der Waals surface area contributed by atoms with Gasteiger partial charge in [0.25, 0.3) is 0 Å². The van der Waals surface area contributed by atoms with Crippen LogP contribution >= 0.6 is 23.2 Å². The van der Waals surface area contributed by atoms with Crippen molar-refractivity contribution in [2.45, 2.75) is 44.4 Å². The van der Waals surface area contributed by atoms with Gasteiger partial charge >= 0.3 is 0 Å². The van der Waals surface area contributed by atoms with E-state index in [4.69, 9.17) is 23.2 Å². The zero-order chi connectivity index (χ0) is 22.9. The van der Waals surface area contributed by atoms with E-state index in [0.29, 0.717) is 25.8 Å². The molecule has 0 amide bonds. The lowest BCUT2D eigenvalue weighted by Gasteiger charge is -2.48. The van der Waals surface area contributed by atoms with E-state index < -0.39 is 15.4 Å². The molecule has 1 aliphatic carbocycles. The lowest BCUT2D eigenvalue weighted by atomic mass is 9.60. The summed E-state index contributed by atoms with van der Waals surface area (Å²) in [5, 5.41) is 12.1. The molecule has 0 bridgehead atoms. The van der Waals surface area contributed by atoms with Crippen molar-refractivity contribution in [1.82, 2.24) is 9.62 Å². The van der Waals surface area contributed by atoms with E-state index in [9.17, 15) is 13.2 Å². The van der Waals surface area contributed by atoms with Crippen LogP contribution < -0.4 is 5.32 Å². The third-order valence-corrected chi connectivity index (χ3v) is 9.87. The van der Waals surface area contributed by atoms with Crippen LogP contribution in [0.25, 0.3) is 0 Å². The number of rotatable bonds is 2. The standard InChI is InChI=1S/C22H24Cl2N4O3S/c1-21(2)10-15-18(16(29)11-21)22(13-12-25-27-20(13)26-15)6-8-28(9-7-22)32(30,31)17-5-3-4-14(23)19(17)24/h3-5,26H,6-12H2,1-2H3. The second-order valence-corrected chi connectivity index (χ2v) is 12.4. The summed E-state index contributed by atoms with van der Waals surface area (Å²) in [7, 11) is -3.82. The van der Waals surface area contributed by atoms with E-state index in [0.717, 1.165) is 29.1 Å². The number of hydrogen-bond donors (Lipinski definition) is 1. The number of benzene rings is 1. The van der Waals surface area contributed by atoms with Crippen molar-refractivity contribution in [2.24, 2.45) is 21.1 Å². The van der Waals surface area contributed by atoms with Crippen LogP contribution in [0.1, 0.15) is 39.5 Å². The van der Waals surface area contributed by atoms with Crippen LogP contribution in [0.4, 0.5) is 0 Å². The predicted molar refractivity (Wildman–Crippen MR) is 122 cm³/mol. The molecule has 5 rings (SSSR count). The fourth-order valence-corrected chi connectivity index (χ4v) is 7.73. The summed E-state index contributed by atoms with van der Waals surface area (Å²) in [6.45, 7) is 5.16. The minimum Gasteiger partial charge on any atom is -0.342 e. The first-order valence-electron chi connectivity index (χ1n) is 10.6. The van der Waals surface area contributed by atoms with E-state index in [2.05, 4.69) is 29.4 Å². The van der Waals surface area contributed by atoms with E-state index >= 15 is 0 Å². The number of halogens is 2. The molecule has 1 N–H and O–H groups in total. The molecule has 1 spiro atoms. The van der Waals surface area contributed by atoms with Gasteiger partial charge in [0.05, 0.1) is 16.6 Å². The number of fused-ring (bicyclic) bond motifs is 2. The van der Waals surface area contributed by atoms with Crippen molar-refractivity contribution in [2.75, 3.05) is 19.6 Å². The monoisotopic (exact) mass is 494 g/mol. The molecule has 170 valence electrons. The molecule has 0 unspecified atom stereocenters. The highest BCUT2D eigenvalue weighted by Crippen LogP contribution is 2.55. The molecule has 7 nitrogen and oxygen atoms in total. The first-order chi connectivity index (χ1) is 15.1. The third-order valence-electron chi connectivity index (χ3n) is 7.00. The quantitative estimate of drug-likeness (QED) is 0.645. The second-order valence-electron chi connectivity index (χ2n) is 9.68. The number of carbonyl (C=O) groups excluding carboxylic acids is 1. The number of Topliss-reactive ketones (excluding diaryl/α,β-unsaturated/α-hetero) is 1. The summed E-state index contributed by atoms with van der Waals surface area (Å²) >= 11 is 12.3. The summed E-state index contributed by atoms with van der Waals surface area (Å²) in [4.78, 5) is 13.4. The van der Waals surface area contributed by atoms with E-state index in [1.54, 1.807) is 12.1 Å². The van der Waals surface area contributed by atoms with Crippen molar-refractivity contribution >= 4 is 39.0 Å². The van der Waals surface area contributed by atoms with Crippen molar-refractivity contribution in [3.05, 3.63) is 50.9 Å². The Bertz CT molecular complexity index is 1230. The maximum Gasteiger partial charge on any atom is 0.244 e. The fourth-order valence-electron chi connectivity index (χ4n) is 5.55. The number of azo groups is 1. The largest absolute Gasteiger partial charge is 0.342 e. The molecule has 1 fully saturated rings. The minimum atomic E-state index is -3.82. The van der Waals surface area contributed by atoms with Gasteiger partial charge in [-0.2, -0.15) is 9.42 Å². The van der Waals surface area contributed by atoms with Gasteiger partial charge in [0.2, 0.25) is 10.0 Å². The lowest BCUT2D eigenvalue weighted by molar-refractivity contribution is -0.119. The van der Waals surface area contributed by atoms with Gasteiger partial charge in [0.1, 0.15) is 4.90 Å². The first-order valence-corrected chi connectivity index (χ1v) is 12.8. The molecule has 10 heteroatoms. The van der Waals surface area contributed by atoms with Gasteiger partial charge in [-0.1, -0.05) is 43.1 Å². The average molecular weight is 495 g/mol. The summed E-state index contributed by atoms with van der Waals surface area (Å²) in [5.41, 5.74) is 2.06. The number of nitrogens with one attached hydrogen (secondary N) is 1. The SMILES string of the molecule is CC1(C)CC(=O)C2=C(C1)NC1=C(CN=N1)C21CCN(S(=O)(=O)c2cccc(Cl)c2Cl)CC1. The van der Waals surface area contributed by atoms with Gasteiger partial charge in [0, 0.05) is 41.8 Å². The molecule has 0 aromatic heterocycles. The Labute approximate surface area is 197 Å². The molecule has 3 aliphatic heterocycles. The van der Waals surface area contributed by atoms with E-state index in [1.165, 1.54) is 10.4 Å². The molecule has 0 saturated carbocycles. The Morgan fingerprint density at radius 2 is 1.84 bits per heavy atom. The number of carbonyl (C=O) groups is 1. The van der Waals surface area contributed by atoms with Crippen LogP contribution in [0.15, 0.2) is 56.0 Å². The topological polar surface area (TPSA) is 91.2 Å². The van der Waals surface area contributed by atoms with Gasteiger partial charge in [-0.3, -0.25) is 4.79 Å². The highest BCUT2D eigenvalue weighted by atomic mass is 35.5. The molecule has 0 radical (unpaired) electrons. The van der Waals surface area contributed by atoms with Crippen molar-refractivity contribution in [3.8, 4) is 0 Å². The normalized spacial score (nSPS) is 24.6. The molecular formula is C22H24Cl2N4O3S. The van der Waals surface area contributed by atoms with Crippen LogP contribution in [-0.4, -0.2) is 38.1 Å². The van der Waals surface area contributed by atoms with Crippen LogP contribution in [-0.2, 0) is 14.8 Å². The second kappa shape index (κ2) is 7.38. The van der Waals surface area contributed by atoms with Gasteiger partial charge in [-0.05, 0) is 36.8 Å². The van der Waals surface area contributed by atoms with Gasteiger partial charge < -0.3 is 5.32 Å². The number of dihydropyridines is 1. The number of piperidine rings is 1. The zero-order valence-electron chi connectivity index (χ0n) is 17.9. The molecule has 1 saturated heterocycles. The maximum absolute atomic E-state index is 13.3. The smallest absolute Gasteiger partial charge is 0.244 e. The van der Waals surface area contributed by atoms with E-state index in [1.807, 2.05) is 0 Å². The lowest BCUT2D eigenvalue weighted by Crippen LogP contribution is -2.50. The molecule has 1 aromatic carbocycles. The Kier molecular flexibility index (Phi) is 5.09. The van der Waals surface area contributed by atoms with Crippen molar-refractivity contribution in [3.63, 3.8) is 0 Å². The zero-order valence-corrected chi connectivity index (χ0v) is 20.2. The average Bonchev–Trinajstić information content (AvgIpc) is 3.18. The fraction of sp³-hybridized carbons (Fsp3) is 0.500. The predicted octanol–water partition coefficient (Wildman–Crippen LogP) is 4.69. The summed E-state index contributed by atoms with van der Waals surface area (Å²) in [6, 6.07) is 4.62. The third kappa shape index (κ3) is 3.26. The molecule has 4 aliphatic rings. The van der Waals surface area contributed by atoms with Gasteiger partial charge in [-0.15, -0.1) is 5.11 Å². The maximum atomic E-state index is 13.3. The number of hydrogen-bond acceptors (Lipinski definition) is 6. The number of sulfonamides is 1. The molecule has 0 atom stereocenters. The Hall–Kier alpha value is -1.74. The number of ketones is 1. The Balaban J connectivity index is 1.50. The van der Waals surface area contributed by atoms with Crippen molar-refractivity contribution in [1.29, 1.82) is 0 Å². The van der Waals surface area contributed by atoms with Gasteiger partial charge in [-0.25, -0.2) is 8.42 Å². The van der Waals surface area contributed by atoms with Gasteiger partial charge in [0.15, 0.2) is 11.6 Å². The molecule has 3 heterocycles. The van der Waals surface area contributed by atoms with Crippen LogP contribution in [0.5, 0.6) is 0 Å². The highest BCUT2D eigenvalue weighted by molar-refractivity contribution is 7.89. The first kappa shape index (κ1) is 22.1. The number of allylic oxidation sites excluding steroid dienone is 2. The Morgan fingerprint density at radius 3 is 2.56 bits per heavy atom. The van der Waals surface area contributed by atoms with Crippen LogP contribution in [0.2, 0.25) is 10.0 Å².